The lowest BCUT2D eigenvalue weighted by Crippen LogP contribution is -2.58. The molecular formula is C24H29N3O5. The summed E-state index contributed by atoms with van der Waals surface area (Å²) < 4.78 is 16.5. The fourth-order valence-corrected chi connectivity index (χ4v) is 5.20. The van der Waals surface area contributed by atoms with Gasteiger partial charge in [-0.05, 0) is 49.8 Å². The highest BCUT2D eigenvalue weighted by molar-refractivity contribution is 6.04. The zero-order valence-corrected chi connectivity index (χ0v) is 18.8. The van der Waals surface area contributed by atoms with Crippen molar-refractivity contribution in [1.82, 2.24) is 10.2 Å². The Morgan fingerprint density at radius 1 is 1.06 bits per heavy atom. The first-order chi connectivity index (χ1) is 15.5. The molecule has 8 nitrogen and oxygen atoms in total. The zero-order valence-electron chi connectivity index (χ0n) is 18.8. The standard InChI is InChI=1S/C24H29N3O5/c1-30-18-12-15(13-19(31-2)22(18)32-3)21-20-16(8-7-9-17(20)28)26-24(21,14-25)23(29)27-10-5-4-6-11-27/h12-13,21,26H,4-11H2,1-3H3. The van der Waals surface area contributed by atoms with Crippen molar-refractivity contribution in [1.29, 1.82) is 5.26 Å². The Labute approximate surface area is 188 Å². The zero-order chi connectivity index (χ0) is 22.9. The van der Waals surface area contributed by atoms with E-state index < -0.39 is 11.5 Å². The Balaban J connectivity index is 1.90. The van der Waals surface area contributed by atoms with Crippen LogP contribution in [0, 0.1) is 11.3 Å². The molecule has 1 amide bonds. The number of Topliss-reactive ketones (excluding diaryl/α,β-unsaturated/α-hetero) is 1. The van der Waals surface area contributed by atoms with Crippen molar-refractivity contribution in [3.05, 3.63) is 29.0 Å². The van der Waals surface area contributed by atoms with E-state index in [0.29, 0.717) is 66.4 Å². The Morgan fingerprint density at radius 2 is 1.72 bits per heavy atom. The summed E-state index contributed by atoms with van der Waals surface area (Å²) in [4.78, 5) is 28.7. The van der Waals surface area contributed by atoms with Crippen LogP contribution in [0.3, 0.4) is 0 Å². The summed E-state index contributed by atoms with van der Waals surface area (Å²) in [5.74, 6) is 0.173. The molecule has 32 heavy (non-hydrogen) atoms. The summed E-state index contributed by atoms with van der Waals surface area (Å²) in [5.41, 5.74) is 0.246. The van der Waals surface area contributed by atoms with Crippen molar-refractivity contribution in [3.63, 3.8) is 0 Å². The maximum absolute atomic E-state index is 13.8. The summed E-state index contributed by atoms with van der Waals surface area (Å²) in [6.45, 7) is 1.23. The molecule has 0 aromatic heterocycles. The van der Waals surface area contributed by atoms with Crippen LogP contribution in [0.5, 0.6) is 17.2 Å². The van der Waals surface area contributed by atoms with Crippen molar-refractivity contribution in [2.45, 2.75) is 50.0 Å². The molecule has 0 saturated carbocycles. The number of hydrogen-bond acceptors (Lipinski definition) is 7. The number of nitriles is 1. The van der Waals surface area contributed by atoms with Gasteiger partial charge in [-0.3, -0.25) is 9.59 Å². The molecule has 0 bridgehead atoms. The summed E-state index contributed by atoms with van der Waals surface area (Å²) in [6, 6.07) is 5.77. The second-order valence-corrected chi connectivity index (χ2v) is 8.46. The molecule has 1 N–H and O–H groups in total. The van der Waals surface area contributed by atoms with E-state index in [0.717, 1.165) is 19.3 Å². The highest BCUT2D eigenvalue weighted by Crippen LogP contribution is 2.50. The minimum Gasteiger partial charge on any atom is -0.493 e. The number of nitrogens with one attached hydrogen (secondary N) is 1. The van der Waals surface area contributed by atoms with Gasteiger partial charge in [0, 0.05) is 30.8 Å². The quantitative estimate of drug-likeness (QED) is 0.753. The first kappa shape index (κ1) is 22.0. The van der Waals surface area contributed by atoms with Crippen LogP contribution in [0.25, 0.3) is 0 Å². The largest absolute Gasteiger partial charge is 0.493 e. The van der Waals surface area contributed by atoms with E-state index in [4.69, 9.17) is 14.2 Å². The summed E-state index contributed by atoms with van der Waals surface area (Å²) >= 11 is 0. The van der Waals surface area contributed by atoms with Gasteiger partial charge in [0.05, 0.1) is 27.2 Å². The second kappa shape index (κ2) is 8.73. The number of ketones is 1. The van der Waals surface area contributed by atoms with Crippen LogP contribution in [-0.4, -0.2) is 56.5 Å². The van der Waals surface area contributed by atoms with Crippen LogP contribution in [0.1, 0.15) is 50.0 Å². The molecule has 170 valence electrons. The molecule has 2 unspecified atom stereocenters. The minimum absolute atomic E-state index is 0.0268. The number of rotatable bonds is 5. The third-order valence-corrected chi connectivity index (χ3v) is 6.70. The maximum atomic E-state index is 13.8. The molecule has 1 aliphatic carbocycles. The molecule has 1 aromatic carbocycles. The lowest BCUT2D eigenvalue weighted by atomic mass is 9.74. The van der Waals surface area contributed by atoms with Crippen molar-refractivity contribution in [3.8, 4) is 23.3 Å². The minimum atomic E-state index is -1.59. The Bertz CT molecular complexity index is 980. The average molecular weight is 440 g/mol. The first-order valence-corrected chi connectivity index (χ1v) is 11.1. The number of allylic oxidation sites excluding steroid dienone is 1. The molecule has 2 atom stereocenters. The van der Waals surface area contributed by atoms with Crippen molar-refractivity contribution >= 4 is 11.7 Å². The van der Waals surface area contributed by atoms with Crippen LogP contribution >= 0.6 is 0 Å². The molecule has 1 fully saturated rings. The van der Waals surface area contributed by atoms with Gasteiger partial charge >= 0.3 is 0 Å². The smallest absolute Gasteiger partial charge is 0.264 e. The number of likely N-dealkylation sites (tertiary alicyclic amines) is 1. The molecule has 1 aromatic rings. The van der Waals surface area contributed by atoms with E-state index >= 15 is 0 Å². The fourth-order valence-electron chi connectivity index (χ4n) is 5.20. The summed E-state index contributed by atoms with van der Waals surface area (Å²) in [7, 11) is 4.55. The van der Waals surface area contributed by atoms with Gasteiger partial charge in [0.2, 0.25) is 11.3 Å². The third kappa shape index (κ3) is 3.36. The molecule has 8 heteroatoms. The molecule has 2 heterocycles. The number of carbonyl (C=O) groups is 2. The Kier molecular flexibility index (Phi) is 6.00. The molecular weight excluding hydrogens is 410 g/mol. The van der Waals surface area contributed by atoms with Crippen LogP contribution in [0.4, 0.5) is 0 Å². The number of nitrogens with zero attached hydrogens (tertiary/aromatic N) is 2. The molecule has 0 radical (unpaired) electrons. The van der Waals surface area contributed by atoms with Gasteiger partial charge < -0.3 is 24.4 Å². The van der Waals surface area contributed by atoms with Gasteiger partial charge in [0.15, 0.2) is 17.3 Å². The number of amides is 1. The van der Waals surface area contributed by atoms with Crippen molar-refractivity contribution in [2.75, 3.05) is 34.4 Å². The van der Waals surface area contributed by atoms with Crippen LogP contribution < -0.4 is 19.5 Å². The Morgan fingerprint density at radius 3 is 2.28 bits per heavy atom. The predicted octanol–water partition coefficient (Wildman–Crippen LogP) is 2.68. The predicted molar refractivity (Wildman–Crippen MR) is 117 cm³/mol. The molecule has 3 aliphatic rings. The molecule has 2 aliphatic heterocycles. The van der Waals surface area contributed by atoms with Gasteiger partial charge in [-0.15, -0.1) is 0 Å². The number of piperidine rings is 1. The van der Waals surface area contributed by atoms with Crippen LogP contribution in [-0.2, 0) is 9.59 Å². The number of methoxy groups -OCH3 is 3. The molecule has 1 saturated heterocycles. The van der Waals surface area contributed by atoms with Crippen molar-refractivity contribution in [2.24, 2.45) is 0 Å². The number of hydrogen-bond donors (Lipinski definition) is 1. The monoisotopic (exact) mass is 439 g/mol. The van der Waals surface area contributed by atoms with Gasteiger partial charge in [-0.25, -0.2) is 0 Å². The Hall–Kier alpha value is -3.21. The SMILES string of the molecule is COc1cc(C2C3=C(CCCC3=O)NC2(C#N)C(=O)N2CCCCC2)cc(OC)c1OC. The van der Waals surface area contributed by atoms with E-state index in [1.54, 1.807) is 17.0 Å². The number of benzene rings is 1. The van der Waals surface area contributed by atoms with E-state index in [-0.39, 0.29) is 11.7 Å². The van der Waals surface area contributed by atoms with Gasteiger partial charge in [-0.2, -0.15) is 5.26 Å². The lowest BCUT2D eigenvalue weighted by molar-refractivity contribution is -0.137. The highest BCUT2D eigenvalue weighted by Gasteiger charge is 2.57. The van der Waals surface area contributed by atoms with Crippen LogP contribution in [0.2, 0.25) is 0 Å². The maximum Gasteiger partial charge on any atom is 0.264 e. The van der Waals surface area contributed by atoms with Gasteiger partial charge in [-0.1, -0.05) is 0 Å². The van der Waals surface area contributed by atoms with Gasteiger partial charge in [0.1, 0.15) is 6.07 Å². The fraction of sp³-hybridized carbons (Fsp3) is 0.542. The molecule has 4 rings (SSSR count). The summed E-state index contributed by atoms with van der Waals surface area (Å²) in [6.07, 6.45) is 4.63. The van der Waals surface area contributed by atoms with E-state index in [1.807, 2.05) is 0 Å². The average Bonchev–Trinajstić information content (AvgIpc) is 3.19. The van der Waals surface area contributed by atoms with Crippen molar-refractivity contribution < 1.29 is 23.8 Å². The number of carbonyl (C=O) groups excluding carboxylic acids is 2. The topological polar surface area (TPSA) is 101 Å². The van der Waals surface area contributed by atoms with Crippen LogP contribution in [0.15, 0.2) is 23.4 Å². The molecule has 0 spiro atoms. The van der Waals surface area contributed by atoms with E-state index in [2.05, 4.69) is 11.4 Å². The lowest BCUT2D eigenvalue weighted by Gasteiger charge is -2.36. The van der Waals surface area contributed by atoms with E-state index in [9.17, 15) is 14.9 Å². The van der Waals surface area contributed by atoms with Gasteiger partial charge in [0.25, 0.3) is 5.91 Å². The summed E-state index contributed by atoms with van der Waals surface area (Å²) in [5, 5.41) is 13.7. The second-order valence-electron chi connectivity index (χ2n) is 8.46. The first-order valence-electron chi connectivity index (χ1n) is 11.1. The van der Waals surface area contributed by atoms with E-state index in [1.165, 1.54) is 21.3 Å². The highest BCUT2D eigenvalue weighted by atomic mass is 16.5. The third-order valence-electron chi connectivity index (χ3n) is 6.70. The normalized spacial score (nSPS) is 25.0. The number of ether oxygens (including phenoxy) is 3.